The Morgan fingerprint density at radius 2 is 1.59 bits per heavy atom. The highest BCUT2D eigenvalue weighted by atomic mass is 32.2. The van der Waals surface area contributed by atoms with Crippen LogP contribution in [0.2, 0.25) is 0 Å². The molecule has 0 heterocycles. The zero-order valence-electron chi connectivity index (χ0n) is 16.1. The van der Waals surface area contributed by atoms with Crippen LogP contribution in [0.15, 0.2) is 92.5 Å². The average molecular weight is 392 g/mol. The standard InChI is InChI=1S/C24H25NS2/c1-4-19(3)26-24-22(17-25-20-11-7-5-8-12-20)18(2)15-16-23(24)27-21-13-9-6-10-14-21/h5-17,19H,4H2,1-3H3. The molecule has 3 heteroatoms. The second kappa shape index (κ2) is 9.82. The molecule has 1 nitrogen and oxygen atoms in total. The smallest absolute Gasteiger partial charge is 0.0629 e. The topological polar surface area (TPSA) is 12.4 Å². The summed E-state index contributed by atoms with van der Waals surface area (Å²) in [6, 6.07) is 25.2. The zero-order valence-corrected chi connectivity index (χ0v) is 17.7. The minimum absolute atomic E-state index is 0.561. The van der Waals surface area contributed by atoms with Crippen molar-refractivity contribution in [2.45, 2.75) is 47.1 Å². The van der Waals surface area contributed by atoms with Crippen molar-refractivity contribution >= 4 is 35.4 Å². The predicted octanol–water partition coefficient (Wildman–Crippen LogP) is 7.79. The minimum Gasteiger partial charge on any atom is -0.256 e. The van der Waals surface area contributed by atoms with E-state index in [-0.39, 0.29) is 0 Å². The van der Waals surface area contributed by atoms with E-state index in [1.807, 2.05) is 60.1 Å². The largest absolute Gasteiger partial charge is 0.256 e. The Bertz CT molecular complexity index is 889. The van der Waals surface area contributed by atoms with Crippen LogP contribution in [0.25, 0.3) is 0 Å². The van der Waals surface area contributed by atoms with Crippen LogP contribution in [-0.2, 0) is 0 Å². The maximum Gasteiger partial charge on any atom is 0.0629 e. The van der Waals surface area contributed by atoms with E-state index in [1.165, 1.54) is 25.8 Å². The monoisotopic (exact) mass is 391 g/mol. The molecule has 138 valence electrons. The molecule has 0 N–H and O–H groups in total. The first kappa shape index (κ1) is 19.8. The van der Waals surface area contributed by atoms with Crippen LogP contribution in [0.5, 0.6) is 0 Å². The number of aliphatic imine (C=N–C) groups is 1. The normalized spacial score (nSPS) is 12.4. The van der Waals surface area contributed by atoms with E-state index in [0.717, 1.165) is 12.1 Å². The molecule has 0 spiro atoms. The van der Waals surface area contributed by atoms with E-state index in [2.05, 4.69) is 63.2 Å². The van der Waals surface area contributed by atoms with Crippen LogP contribution in [-0.4, -0.2) is 11.5 Å². The zero-order chi connectivity index (χ0) is 19.1. The van der Waals surface area contributed by atoms with Gasteiger partial charge in [-0.1, -0.05) is 68.1 Å². The van der Waals surface area contributed by atoms with Gasteiger partial charge in [-0.15, -0.1) is 11.8 Å². The first-order chi connectivity index (χ1) is 13.2. The van der Waals surface area contributed by atoms with Crippen molar-refractivity contribution in [2.75, 3.05) is 0 Å². The van der Waals surface area contributed by atoms with Gasteiger partial charge in [-0.2, -0.15) is 0 Å². The van der Waals surface area contributed by atoms with Gasteiger partial charge in [-0.3, -0.25) is 4.99 Å². The van der Waals surface area contributed by atoms with Gasteiger partial charge >= 0.3 is 0 Å². The third-order valence-corrected chi connectivity index (χ3v) is 6.95. The van der Waals surface area contributed by atoms with Crippen molar-refractivity contribution in [2.24, 2.45) is 4.99 Å². The summed E-state index contributed by atoms with van der Waals surface area (Å²) in [7, 11) is 0. The summed E-state index contributed by atoms with van der Waals surface area (Å²) in [5.74, 6) is 0. The molecule has 0 radical (unpaired) electrons. The number of hydrogen-bond donors (Lipinski definition) is 0. The molecule has 27 heavy (non-hydrogen) atoms. The first-order valence-corrected chi connectivity index (χ1v) is 11.0. The van der Waals surface area contributed by atoms with Crippen LogP contribution >= 0.6 is 23.5 Å². The molecule has 0 aromatic heterocycles. The van der Waals surface area contributed by atoms with Gasteiger partial charge in [0, 0.05) is 31.7 Å². The van der Waals surface area contributed by atoms with E-state index >= 15 is 0 Å². The van der Waals surface area contributed by atoms with Crippen LogP contribution in [0.1, 0.15) is 31.4 Å². The summed E-state index contributed by atoms with van der Waals surface area (Å²) in [5.41, 5.74) is 3.47. The lowest BCUT2D eigenvalue weighted by molar-refractivity contribution is 0.903. The number of thioether (sulfide) groups is 1. The maximum absolute atomic E-state index is 4.73. The number of nitrogens with zero attached hydrogens (tertiary/aromatic N) is 1. The summed E-state index contributed by atoms with van der Waals surface area (Å²) in [6.07, 6.45) is 3.17. The van der Waals surface area contributed by atoms with Crippen molar-refractivity contribution < 1.29 is 0 Å². The molecular weight excluding hydrogens is 366 g/mol. The van der Waals surface area contributed by atoms with Crippen LogP contribution in [0, 0.1) is 6.92 Å². The van der Waals surface area contributed by atoms with Crippen LogP contribution < -0.4 is 0 Å². The highest BCUT2D eigenvalue weighted by molar-refractivity contribution is 8.02. The molecule has 0 aliphatic heterocycles. The number of benzene rings is 3. The molecule has 0 aliphatic rings. The summed E-state index contributed by atoms with van der Waals surface area (Å²) in [6.45, 7) is 6.71. The second-order valence-corrected chi connectivity index (χ2v) is 9.03. The number of aryl methyl sites for hydroxylation is 1. The summed E-state index contributed by atoms with van der Waals surface area (Å²) < 4.78 is 0. The van der Waals surface area contributed by atoms with Gasteiger partial charge in [-0.25, -0.2) is 0 Å². The fourth-order valence-corrected chi connectivity index (χ4v) is 4.84. The minimum atomic E-state index is 0.561. The van der Waals surface area contributed by atoms with Gasteiger partial charge in [0.15, 0.2) is 0 Å². The summed E-state index contributed by atoms with van der Waals surface area (Å²) in [4.78, 5) is 8.62. The fourth-order valence-electron chi connectivity index (χ4n) is 2.59. The maximum atomic E-state index is 4.73. The van der Waals surface area contributed by atoms with E-state index in [0.29, 0.717) is 5.25 Å². The highest BCUT2D eigenvalue weighted by Crippen LogP contribution is 2.40. The lowest BCUT2D eigenvalue weighted by atomic mass is 10.1. The molecule has 1 atom stereocenters. The van der Waals surface area contributed by atoms with Gasteiger partial charge in [0.25, 0.3) is 0 Å². The van der Waals surface area contributed by atoms with E-state index < -0.39 is 0 Å². The SMILES string of the molecule is CCC(C)Sc1c(Sc2ccccc2)ccc(C)c1C=Nc1ccccc1. The van der Waals surface area contributed by atoms with Gasteiger partial charge < -0.3 is 0 Å². The van der Waals surface area contributed by atoms with Gasteiger partial charge in [0.1, 0.15) is 0 Å². The average Bonchev–Trinajstić information content (AvgIpc) is 2.71. The summed E-state index contributed by atoms with van der Waals surface area (Å²) in [5, 5.41) is 0.561. The van der Waals surface area contributed by atoms with Gasteiger partial charge in [0.05, 0.1) is 5.69 Å². The van der Waals surface area contributed by atoms with Crippen molar-refractivity contribution in [1.82, 2.24) is 0 Å². The van der Waals surface area contributed by atoms with Gasteiger partial charge in [0.2, 0.25) is 0 Å². The second-order valence-electron chi connectivity index (χ2n) is 6.47. The van der Waals surface area contributed by atoms with E-state index in [4.69, 9.17) is 4.99 Å². The third-order valence-electron chi connectivity index (χ3n) is 4.34. The van der Waals surface area contributed by atoms with E-state index in [9.17, 15) is 0 Å². The Hall–Kier alpha value is -1.97. The highest BCUT2D eigenvalue weighted by Gasteiger charge is 2.15. The molecule has 1 unspecified atom stereocenters. The number of para-hydroxylation sites is 1. The van der Waals surface area contributed by atoms with Crippen molar-refractivity contribution in [1.29, 1.82) is 0 Å². The van der Waals surface area contributed by atoms with Crippen molar-refractivity contribution in [3.63, 3.8) is 0 Å². The molecule has 3 aromatic rings. The Morgan fingerprint density at radius 3 is 2.26 bits per heavy atom. The van der Waals surface area contributed by atoms with Crippen molar-refractivity contribution in [3.8, 4) is 0 Å². The molecule has 0 saturated carbocycles. The molecule has 0 aliphatic carbocycles. The molecule has 0 amide bonds. The van der Waals surface area contributed by atoms with Crippen LogP contribution in [0.4, 0.5) is 5.69 Å². The Morgan fingerprint density at radius 1 is 0.926 bits per heavy atom. The molecule has 3 rings (SSSR count). The quantitative estimate of drug-likeness (QED) is 0.301. The first-order valence-electron chi connectivity index (χ1n) is 9.29. The third kappa shape index (κ3) is 5.50. The Balaban J connectivity index is 2.01. The van der Waals surface area contributed by atoms with E-state index in [1.54, 1.807) is 0 Å². The molecule has 0 fully saturated rings. The van der Waals surface area contributed by atoms with Crippen molar-refractivity contribution in [3.05, 3.63) is 83.9 Å². The lowest BCUT2D eigenvalue weighted by Gasteiger charge is -2.17. The fraction of sp³-hybridized carbons (Fsp3) is 0.208. The molecular formula is C24H25NS2. The summed E-state index contributed by atoms with van der Waals surface area (Å²) >= 11 is 3.78. The molecule has 0 bridgehead atoms. The lowest BCUT2D eigenvalue weighted by Crippen LogP contribution is -1.99. The Labute approximate surface area is 171 Å². The number of hydrogen-bond acceptors (Lipinski definition) is 3. The Kier molecular flexibility index (Phi) is 7.19. The molecule has 0 saturated heterocycles. The number of rotatable bonds is 7. The van der Waals surface area contributed by atoms with Gasteiger partial charge in [-0.05, 0) is 49.2 Å². The predicted molar refractivity (Wildman–Crippen MR) is 121 cm³/mol. The molecule has 3 aromatic carbocycles. The van der Waals surface area contributed by atoms with Crippen LogP contribution in [0.3, 0.4) is 0 Å².